The number of carbonyl (C=O) groups excluding carboxylic acids is 1. The monoisotopic (exact) mass is 282 g/mol. The highest BCUT2D eigenvalue weighted by Gasteiger charge is 2.04. The van der Waals surface area contributed by atoms with Crippen molar-refractivity contribution < 1.29 is 19.4 Å². The summed E-state index contributed by atoms with van der Waals surface area (Å²) in [6, 6.07) is 5.14. The van der Waals surface area contributed by atoms with Crippen molar-refractivity contribution in [2.75, 3.05) is 33.9 Å². The number of methoxy groups -OCH3 is 2. The summed E-state index contributed by atoms with van der Waals surface area (Å²) in [5.74, 6) is 0.777. The van der Waals surface area contributed by atoms with Gasteiger partial charge in [-0.3, -0.25) is 4.79 Å². The Hall–Kier alpha value is -1.79. The SMILES string of the molecule is COCCNC(=O)CCNCc1ccc(OC)cc1O. The molecule has 112 valence electrons. The second-order valence-corrected chi connectivity index (χ2v) is 4.26. The number of benzene rings is 1. The van der Waals surface area contributed by atoms with Crippen LogP contribution < -0.4 is 15.4 Å². The smallest absolute Gasteiger partial charge is 0.221 e. The number of aromatic hydroxyl groups is 1. The summed E-state index contributed by atoms with van der Waals surface area (Å²) in [5, 5.41) is 15.6. The van der Waals surface area contributed by atoms with Crippen molar-refractivity contribution in [2.45, 2.75) is 13.0 Å². The molecule has 0 aliphatic rings. The molecule has 1 aromatic rings. The van der Waals surface area contributed by atoms with Crippen molar-refractivity contribution in [3.63, 3.8) is 0 Å². The third-order valence-corrected chi connectivity index (χ3v) is 2.77. The van der Waals surface area contributed by atoms with E-state index in [1.807, 2.05) is 0 Å². The zero-order valence-corrected chi connectivity index (χ0v) is 11.9. The molecular formula is C14H22N2O4. The summed E-state index contributed by atoms with van der Waals surface area (Å²) >= 11 is 0. The maximum atomic E-state index is 11.4. The molecule has 0 saturated heterocycles. The van der Waals surface area contributed by atoms with Crippen molar-refractivity contribution in [3.8, 4) is 11.5 Å². The van der Waals surface area contributed by atoms with Gasteiger partial charge < -0.3 is 25.2 Å². The molecule has 0 aliphatic heterocycles. The Morgan fingerprint density at radius 3 is 2.75 bits per heavy atom. The van der Waals surface area contributed by atoms with Crippen molar-refractivity contribution in [1.29, 1.82) is 0 Å². The van der Waals surface area contributed by atoms with Gasteiger partial charge in [0, 0.05) is 44.8 Å². The van der Waals surface area contributed by atoms with Gasteiger partial charge in [-0.1, -0.05) is 6.07 Å². The Bertz CT molecular complexity index is 424. The maximum absolute atomic E-state index is 11.4. The fraction of sp³-hybridized carbons (Fsp3) is 0.500. The van der Waals surface area contributed by atoms with Crippen LogP contribution in [-0.2, 0) is 16.1 Å². The number of nitrogens with one attached hydrogen (secondary N) is 2. The minimum Gasteiger partial charge on any atom is -0.507 e. The number of phenols is 1. The van der Waals surface area contributed by atoms with Crippen LogP contribution in [0.2, 0.25) is 0 Å². The van der Waals surface area contributed by atoms with Crippen molar-refractivity contribution in [1.82, 2.24) is 10.6 Å². The number of amides is 1. The van der Waals surface area contributed by atoms with Crippen molar-refractivity contribution in [2.24, 2.45) is 0 Å². The predicted octanol–water partition coefficient (Wildman–Crippen LogP) is 0.643. The molecule has 0 radical (unpaired) electrons. The van der Waals surface area contributed by atoms with E-state index in [-0.39, 0.29) is 11.7 Å². The van der Waals surface area contributed by atoms with Crippen LogP contribution in [0.3, 0.4) is 0 Å². The molecule has 6 heteroatoms. The first kappa shape index (κ1) is 16.3. The van der Waals surface area contributed by atoms with Crippen LogP contribution >= 0.6 is 0 Å². The maximum Gasteiger partial charge on any atom is 0.221 e. The fourth-order valence-corrected chi connectivity index (χ4v) is 1.63. The molecule has 6 nitrogen and oxygen atoms in total. The molecule has 1 rings (SSSR count). The van der Waals surface area contributed by atoms with Crippen LogP contribution in [0.25, 0.3) is 0 Å². The van der Waals surface area contributed by atoms with E-state index < -0.39 is 0 Å². The summed E-state index contributed by atoms with van der Waals surface area (Å²) < 4.78 is 9.85. The topological polar surface area (TPSA) is 79.8 Å². The Kier molecular flexibility index (Phi) is 7.46. The highest BCUT2D eigenvalue weighted by molar-refractivity contribution is 5.76. The second-order valence-electron chi connectivity index (χ2n) is 4.26. The lowest BCUT2D eigenvalue weighted by Crippen LogP contribution is -2.29. The van der Waals surface area contributed by atoms with Gasteiger partial charge in [0.25, 0.3) is 0 Å². The van der Waals surface area contributed by atoms with Crippen molar-refractivity contribution in [3.05, 3.63) is 23.8 Å². The lowest BCUT2D eigenvalue weighted by molar-refractivity contribution is -0.121. The van der Waals surface area contributed by atoms with E-state index in [0.29, 0.717) is 38.4 Å². The largest absolute Gasteiger partial charge is 0.507 e. The first-order chi connectivity index (χ1) is 9.67. The van der Waals surface area contributed by atoms with Crippen LogP contribution in [0.1, 0.15) is 12.0 Å². The van der Waals surface area contributed by atoms with Gasteiger partial charge in [-0.05, 0) is 6.07 Å². The summed E-state index contributed by atoms with van der Waals surface area (Å²) in [5.41, 5.74) is 0.769. The second kappa shape index (κ2) is 9.17. The Morgan fingerprint density at radius 1 is 1.30 bits per heavy atom. The lowest BCUT2D eigenvalue weighted by atomic mass is 10.2. The van der Waals surface area contributed by atoms with Crippen LogP contribution in [0.4, 0.5) is 0 Å². The highest BCUT2D eigenvalue weighted by Crippen LogP contribution is 2.22. The predicted molar refractivity (Wildman–Crippen MR) is 75.9 cm³/mol. The number of ether oxygens (including phenoxy) is 2. The van der Waals surface area contributed by atoms with E-state index in [1.54, 1.807) is 32.4 Å². The van der Waals surface area contributed by atoms with Crippen LogP contribution in [0, 0.1) is 0 Å². The number of carbonyl (C=O) groups is 1. The molecule has 0 unspecified atom stereocenters. The number of hydrogen-bond donors (Lipinski definition) is 3. The van der Waals surface area contributed by atoms with Crippen LogP contribution in [0.5, 0.6) is 11.5 Å². The third-order valence-electron chi connectivity index (χ3n) is 2.77. The molecule has 20 heavy (non-hydrogen) atoms. The number of phenolic OH excluding ortho intramolecular Hbond substituents is 1. The molecule has 0 aliphatic carbocycles. The molecule has 0 atom stereocenters. The third kappa shape index (κ3) is 5.90. The average Bonchev–Trinajstić information content (AvgIpc) is 2.45. The van der Waals surface area contributed by atoms with Gasteiger partial charge >= 0.3 is 0 Å². The molecular weight excluding hydrogens is 260 g/mol. The molecule has 0 saturated carbocycles. The molecule has 0 spiro atoms. The van der Waals surface area contributed by atoms with Gasteiger partial charge in [0.15, 0.2) is 0 Å². The fourth-order valence-electron chi connectivity index (χ4n) is 1.63. The quantitative estimate of drug-likeness (QED) is 0.579. The standard InChI is InChI=1S/C14H22N2O4/c1-19-8-7-16-14(18)5-6-15-10-11-3-4-12(20-2)9-13(11)17/h3-4,9,15,17H,5-8,10H2,1-2H3,(H,16,18). The van der Waals surface area contributed by atoms with E-state index in [9.17, 15) is 9.90 Å². The van der Waals surface area contributed by atoms with E-state index in [0.717, 1.165) is 5.56 Å². The number of rotatable bonds is 9. The highest BCUT2D eigenvalue weighted by atomic mass is 16.5. The Labute approximate surface area is 119 Å². The lowest BCUT2D eigenvalue weighted by Gasteiger charge is -2.08. The number of hydrogen-bond acceptors (Lipinski definition) is 5. The molecule has 1 aromatic carbocycles. The summed E-state index contributed by atoms with van der Waals surface area (Å²) in [6.45, 7) is 2.08. The molecule has 0 bridgehead atoms. The summed E-state index contributed by atoms with van der Waals surface area (Å²) in [6.07, 6.45) is 0.390. The molecule has 0 aromatic heterocycles. The average molecular weight is 282 g/mol. The zero-order valence-electron chi connectivity index (χ0n) is 11.9. The minimum absolute atomic E-state index is 0.0199. The van der Waals surface area contributed by atoms with Gasteiger partial charge in [0.1, 0.15) is 11.5 Å². The molecule has 1 amide bonds. The van der Waals surface area contributed by atoms with Gasteiger partial charge in [0.05, 0.1) is 13.7 Å². The summed E-state index contributed by atoms with van der Waals surface area (Å²) in [7, 11) is 3.14. The van der Waals surface area contributed by atoms with Gasteiger partial charge in [0.2, 0.25) is 5.91 Å². The summed E-state index contributed by atoms with van der Waals surface area (Å²) in [4.78, 5) is 11.4. The van der Waals surface area contributed by atoms with E-state index >= 15 is 0 Å². The van der Waals surface area contributed by atoms with E-state index in [1.165, 1.54) is 0 Å². The minimum atomic E-state index is -0.0199. The first-order valence-corrected chi connectivity index (χ1v) is 6.49. The van der Waals surface area contributed by atoms with E-state index in [4.69, 9.17) is 9.47 Å². The zero-order chi connectivity index (χ0) is 14.8. The Morgan fingerprint density at radius 2 is 2.10 bits per heavy atom. The Balaban J connectivity index is 2.22. The van der Waals surface area contributed by atoms with Gasteiger partial charge in [-0.25, -0.2) is 0 Å². The van der Waals surface area contributed by atoms with E-state index in [2.05, 4.69) is 10.6 Å². The van der Waals surface area contributed by atoms with Crippen molar-refractivity contribution >= 4 is 5.91 Å². The first-order valence-electron chi connectivity index (χ1n) is 6.49. The molecule has 3 N–H and O–H groups in total. The van der Waals surface area contributed by atoms with Crippen LogP contribution in [0.15, 0.2) is 18.2 Å². The molecule has 0 heterocycles. The van der Waals surface area contributed by atoms with Gasteiger partial charge in [-0.2, -0.15) is 0 Å². The van der Waals surface area contributed by atoms with Gasteiger partial charge in [-0.15, -0.1) is 0 Å². The van der Waals surface area contributed by atoms with Crippen LogP contribution in [-0.4, -0.2) is 44.9 Å². The molecule has 0 fully saturated rings. The normalized spacial score (nSPS) is 10.3.